The standard InChI is InChI=1S/C62H30N4O2/c67-61-45-25-21-41-37-17-18-38-42-22-26-46-56-44(60-64-48-14-6-10-32-28-30-8-2-4-12-34(30)58(50(32)48)66(60)62(46)68)24-20-40(54(42)56)36-16-15-35(51(37)52(36)38)39-19-23-43(55(45)53(39)41)59-63-47-13-5-9-31-27-29-7-1-3-11-33(29)57(49(31)47)65(59)61/h1-28,47,49H. The number of pyridine rings is 2. The van der Waals surface area contributed by atoms with E-state index in [0.29, 0.717) is 16.4 Å². The molecule has 0 radical (unpaired) electrons. The Morgan fingerprint density at radius 1 is 0.471 bits per heavy atom. The first kappa shape index (κ1) is 34.4. The van der Waals surface area contributed by atoms with E-state index in [9.17, 15) is 0 Å². The van der Waals surface area contributed by atoms with Crippen LogP contribution in [0.2, 0.25) is 0 Å². The summed E-state index contributed by atoms with van der Waals surface area (Å²) in [7, 11) is 0. The van der Waals surface area contributed by atoms with Gasteiger partial charge in [0.05, 0.1) is 23.0 Å². The van der Waals surface area contributed by atoms with Crippen molar-refractivity contribution in [1.82, 2.24) is 14.0 Å². The zero-order chi connectivity index (χ0) is 44.0. The quantitative estimate of drug-likeness (QED) is 0.113. The molecule has 15 aromatic rings. The van der Waals surface area contributed by atoms with Crippen LogP contribution >= 0.6 is 0 Å². The normalized spacial score (nSPS) is 16.9. The Morgan fingerprint density at radius 3 is 1.74 bits per heavy atom. The third-order valence-corrected chi connectivity index (χ3v) is 16.4. The van der Waals surface area contributed by atoms with Crippen LogP contribution in [0.15, 0.2) is 184 Å². The van der Waals surface area contributed by atoms with Crippen LogP contribution in [0.4, 0.5) is 0 Å². The second-order valence-electron chi connectivity index (χ2n) is 19.3. The van der Waals surface area contributed by atoms with Gasteiger partial charge in [0.1, 0.15) is 11.1 Å². The van der Waals surface area contributed by atoms with Crippen LogP contribution in [0.5, 0.6) is 0 Å². The molecule has 68 heavy (non-hydrogen) atoms. The summed E-state index contributed by atoms with van der Waals surface area (Å²) in [5.74, 6) is -0.0228. The van der Waals surface area contributed by atoms with Crippen molar-refractivity contribution in [2.45, 2.75) is 6.04 Å². The Morgan fingerprint density at radius 2 is 1.03 bits per heavy atom. The van der Waals surface area contributed by atoms with Crippen LogP contribution in [0.1, 0.15) is 0 Å². The number of fused-ring (bicyclic) bond motifs is 13. The molecule has 2 aliphatic carbocycles. The SMILES string of the molecule is O=c1c2ccc3c4ccc5c6ccc7c(=O)n8c(nc9cccc%10cc%11ccccc%11c8c%109)c8ccc(c9ccc(c%10ccc(c%11n1C1=c%12ccccc%12=CC%12=CC=CC(N=%11)C%121)c2c3%10)c4c59)c6c78. The van der Waals surface area contributed by atoms with Gasteiger partial charge in [-0.3, -0.25) is 23.5 Å². The van der Waals surface area contributed by atoms with E-state index in [1.54, 1.807) is 0 Å². The van der Waals surface area contributed by atoms with Gasteiger partial charge in [-0.1, -0.05) is 133 Å². The highest BCUT2D eigenvalue weighted by Gasteiger charge is 2.36. The molecule has 6 nitrogen and oxygen atoms in total. The molecule has 3 aliphatic rings. The first-order chi connectivity index (χ1) is 33.6. The molecule has 4 heterocycles. The number of hydrogen-bond donors (Lipinski definition) is 0. The van der Waals surface area contributed by atoms with Gasteiger partial charge in [0.25, 0.3) is 11.1 Å². The Hall–Kier alpha value is -9.00. The average Bonchev–Trinajstić information content (AvgIpc) is 3.38. The lowest BCUT2D eigenvalue weighted by atomic mass is 9.79. The van der Waals surface area contributed by atoms with Gasteiger partial charge in [-0.25, -0.2) is 4.98 Å². The molecule has 0 bridgehead atoms. The van der Waals surface area contributed by atoms with Gasteiger partial charge in [-0.15, -0.1) is 0 Å². The summed E-state index contributed by atoms with van der Waals surface area (Å²) in [6.07, 6.45) is 8.73. The van der Waals surface area contributed by atoms with Gasteiger partial charge in [-0.2, -0.15) is 0 Å². The summed E-state index contributed by atoms with van der Waals surface area (Å²) < 4.78 is 3.81. The topological polar surface area (TPSA) is 68.7 Å². The third kappa shape index (κ3) is 3.73. The summed E-state index contributed by atoms with van der Waals surface area (Å²) in [6.45, 7) is 0. The maximum atomic E-state index is 15.2. The predicted molar refractivity (Wildman–Crippen MR) is 280 cm³/mol. The predicted octanol–water partition coefficient (Wildman–Crippen LogP) is 11.3. The van der Waals surface area contributed by atoms with Gasteiger partial charge < -0.3 is 0 Å². The Kier molecular flexibility index (Phi) is 5.72. The number of rotatable bonds is 0. The number of aromatic nitrogens is 3. The molecular formula is C62H30N4O2. The van der Waals surface area contributed by atoms with Crippen molar-refractivity contribution in [3.63, 3.8) is 0 Å². The summed E-state index contributed by atoms with van der Waals surface area (Å²) in [4.78, 5) is 41.1. The van der Waals surface area contributed by atoms with Crippen molar-refractivity contribution in [3.8, 4) is 0 Å². The zero-order valence-electron chi connectivity index (χ0n) is 35.9. The lowest BCUT2D eigenvalue weighted by molar-refractivity contribution is 0.588. The molecule has 310 valence electrons. The fourth-order valence-electron chi connectivity index (χ4n) is 13.7. The van der Waals surface area contributed by atoms with Crippen LogP contribution in [-0.2, 0) is 0 Å². The average molecular weight is 863 g/mol. The van der Waals surface area contributed by atoms with Gasteiger partial charge >= 0.3 is 0 Å². The Labute approximate surface area is 382 Å². The van der Waals surface area contributed by atoms with Crippen LogP contribution in [0.3, 0.4) is 0 Å². The molecular weight excluding hydrogens is 833 g/mol. The molecule has 0 saturated carbocycles. The molecule has 3 aromatic heterocycles. The summed E-state index contributed by atoms with van der Waals surface area (Å²) in [5, 5.41) is 25.4. The lowest BCUT2D eigenvalue weighted by Crippen LogP contribution is -2.50. The smallest absolute Gasteiger partial charge is 0.264 e. The Bertz CT molecular complexity index is 5320. The van der Waals surface area contributed by atoms with Gasteiger partial charge in [0.2, 0.25) is 0 Å². The van der Waals surface area contributed by atoms with Crippen LogP contribution in [0.25, 0.3) is 147 Å². The summed E-state index contributed by atoms with van der Waals surface area (Å²) >= 11 is 0. The maximum absolute atomic E-state index is 15.2. The van der Waals surface area contributed by atoms with Gasteiger partial charge in [0, 0.05) is 54.0 Å². The lowest BCUT2D eigenvalue weighted by Gasteiger charge is -2.35. The molecule has 2 unspecified atom stereocenters. The van der Waals surface area contributed by atoms with Crippen molar-refractivity contribution in [3.05, 3.63) is 206 Å². The molecule has 0 N–H and O–H groups in total. The molecule has 1 aliphatic heterocycles. The monoisotopic (exact) mass is 862 g/mol. The molecule has 0 saturated heterocycles. The second kappa shape index (κ2) is 11.3. The van der Waals surface area contributed by atoms with E-state index in [1.807, 2.05) is 21.1 Å². The van der Waals surface area contributed by atoms with E-state index >= 15 is 9.59 Å². The van der Waals surface area contributed by atoms with Crippen molar-refractivity contribution in [1.29, 1.82) is 0 Å². The zero-order valence-corrected chi connectivity index (χ0v) is 35.9. The number of allylic oxidation sites excluding steroid dienone is 2. The third-order valence-electron chi connectivity index (χ3n) is 16.4. The molecule has 0 spiro atoms. The first-order valence-electron chi connectivity index (χ1n) is 23.4. The molecule has 18 rings (SSSR count). The first-order valence-corrected chi connectivity index (χ1v) is 23.4. The van der Waals surface area contributed by atoms with Crippen molar-refractivity contribution >= 4 is 147 Å². The highest BCUT2D eigenvalue weighted by molar-refractivity contribution is 6.45. The molecule has 6 heteroatoms. The second-order valence-corrected chi connectivity index (χ2v) is 19.3. The molecule has 2 atom stereocenters. The molecule has 0 amide bonds. The minimum atomic E-state index is -0.105. The van der Waals surface area contributed by atoms with E-state index < -0.39 is 0 Å². The minimum Gasteiger partial charge on any atom is -0.268 e. The largest absolute Gasteiger partial charge is 0.268 e. The minimum absolute atomic E-state index is 0.0228. The number of nitrogens with zero attached hydrogens (tertiary/aromatic N) is 4. The number of hydrogen-bond acceptors (Lipinski definition) is 4. The highest BCUT2D eigenvalue weighted by atomic mass is 16.1. The van der Waals surface area contributed by atoms with Crippen LogP contribution < -0.4 is 27.0 Å². The fraction of sp³-hybridized carbons (Fsp3) is 0.0323. The molecule has 0 fully saturated rings. The van der Waals surface area contributed by atoms with Crippen molar-refractivity contribution < 1.29 is 0 Å². The maximum Gasteiger partial charge on any atom is 0.264 e. The summed E-state index contributed by atoms with van der Waals surface area (Å²) in [5.41, 5.74) is 5.31. The van der Waals surface area contributed by atoms with Crippen LogP contribution in [-0.4, -0.2) is 20.0 Å². The Balaban J connectivity index is 0.957. The van der Waals surface area contributed by atoms with E-state index in [1.165, 1.54) is 16.3 Å². The van der Waals surface area contributed by atoms with Crippen molar-refractivity contribution in [2.24, 2.45) is 10.9 Å². The van der Waals surface area contributed by atoms with Crippen molar-refractivity contribution in [2.75, 3.05) is 0 Å². The molecule has 12 aromatic carbocycles. The number of benzene rings is 12. The fourth-order valence-corrected chi connectivity index (χ4v) is 13.7. The van der Waals surface area contributed by atoms with E-state index in [4.69, 9.17) is 9.98 Å². The van der Waals surface area contributed by atoms with Crippen LogP contribution in [0, 0.1) is 5.92 Å². The van der Waals surface area contributed by atoms with E-state index in [-0.39, 0.29) is 23.1 Å². The van der Waals surface area contributed by atoms with E-state index in [2.05, 4.69) is 158 Å². The van der Waals surface area contributed by atoms with Gasteiger partial charge in [0.15, 0.2) is 0 Å². The van der Waals surface area contributed by atoms with Gasteiger partial charge in [-0.05, 0) is 123 Å². The highest BCUT2D eigenvalue weighted by Crippen LogP contribution is 2.50. The summed E-state index contributed by atoms with van der Waals surface area (Å²) in [6, 6.07) is 51.6. The van der Waals surface area contributed by atoms with E-state index in [0.717, 1.165) is 130 Å².